The molecule has 0 saturated heterocycles. The van der Waals surface area contributed by atoms with Crippen LogP contribution in [0.2, 0.25) is 0 Å². The molecule has 1 amide bonds. The summed E-state index contributed by atoms with van der Waals surface area (Å²) in [7, 11) is 0. The highest BCUT2D eigenvalue weighted by Crippen LogP contribution is 2.08. The van der Waals surface area contributed by atoms with E-state index in [2.05, 4.69) is 30.7 Å². The van der Waals surface area contributed by atoms with E-state index >= 15 is 0 Å². The van der Waals surface area contributed by atoms with Crippen LogP contribution in [0.5, 0.6) is 0 Å². The van der Waals surface area contributed by atoms with Crippen LogP contribution in [0, 0.1) is 0 Å². The Hall–Kier alpha value is -2.64. The van der Waals surface area contributed by atoms with Crippen LogP contribution < -0.4 is 5.32 Å². The molecule has 0 unspecified atom stereocenters. The quantitative estimate of drug-likeness (QED) is 0.910. The van der Waals surface area contributed by atoms with E-state index in [9.17, 15) is 4.79 Å². The third-order valence-electron chi connectivity index (χ3n) is 2.43. The molecule has 0 saturated carbocycles. The molecule has 0 aliphatic carbocycles. The highest BCUT2D eigenvalue weighted by atomic mass is 16.6. The van der Waals surface area contributed by atoms with Crippen LogP contribution in [0.4, 0.5) is 4.79 Å². The number of pyridine rings is 1. The van der Waals surface area contributed by atoms with Gasteiger partial charge in [0.25, 0.3) is 0 Å². The topological polar surface area (TPSA) is 103 Å². The number of rotatable bonds is 4. The molecular weight excluding hydrogens is 284 g/mol. The molecule has 0 aliphatic heterocycles. The molecule has 0 atom stereocenters. The fourth-order valence-electron chi connectivity index (χ4n) is 1.54. The molecule has 2 rings (SSSR count). The molecular formula is C14H18N6O2. The van der Waals surface area contributed by atoms with Crippen molar-refractivity contribution >= 4 is 6.09 Å². The average Bonchev–Trinajstić information content (AvgIpc) is 2.47. The van der Waals surface area contributed by atoms with Crippen LogP contribution >= 0.6 is 0 Å². The molecule has 0 spiro atoms. The first-order valence-electron chi connectivity index (χ1n) is 6.88. The van der Waals surface area contributed by atoms with Gasteiger partial charge in [0.2, 0.25) is 5.82 Å². The summed E-state index contributed by atoms with van der Waals surface area (Å²) in [5, 5.41) is 18.5. The van der Waals surface area contributed by atoms with Crippen LogP contribution in [0.3, 0.4) is 0 Å². The van der Waals surface area contributed by atoms with Crippen molar-refractivity contribution in [3.05, 3.63) is 30.2 Å². The van der Waals surface area contributed by atoms with Crippen molar-refractivity contribution in [2.24, 2.45) is 0 Å². The first-order chi connectivity index (χ1) is 10.4. The number of nitrogens with zero attached hydrogens (tertiary/aromatic N) is 5. The van der Waals surface area contributed by atoms with Crippen LogP contribution in [0.15, 0.2) is 24.4 Å². The predicted molar refractivity (Wildman–Crippen MR) is 78.8 cm³/mol. The molecule has 0 aromatic carbocycles. The zero-order chi connectivity index (χ0) is 16.0. The Morgan fingerprint density at radius 1 is 1.18 bits per heavy atom. The van der Waals surface area contributed by atoms with Gasteiger partial charge >= 0.3 is 6.09 Å². The van der Waals surface area contributed by atoms with Crippen LogP contribution in [0.25, 0.3) is 11.5 Å². The van der Waals surface area contributed by atoms with E-state index in [1.54, 1.807) is 39.1 Å². The first-order valence-corrected chi connectivity index (χ1v) is 6.88. The zero-order valence-corrected chi connectivity index (χ0v) is 12.8. The smallest absolute Gasteiger partial charge is 0.407 e. The molecule has 0 fully saturated rings. The van der Waals surface area contributed by atoms with E-state index in [0.717, 1.165) is 0 Å². The Morgan fingerprint density at radius 3 is 2.50 bits per heavy atom. The third-order valence-corrected chi connectivity index (χ3v) is 2.43. The van der Waals surface area contributed by atoms with Gasteiger partial charge in [0.15, 0.2) is 5.82 Å². The summed E-state index contributed by atoms with van der Waals surface area (Å²) < 4.78 is 5.12. The van der Waals surface area contributed by atoms with E-state index in [0.29, 0.717) is 30.3 Å². The molecule has 2 heterocycles. The highest BCUT2D eigenvalue weighted by Gasteiger charge is 2.15. The number of hydrogen-bond donors (Lipinski definition) is 1. The first kappa shape index (κ1) is 15.7. The van der Waals surface area contributed by atoms with Gasteiger partial charge in [-0.25, -0.2) is 4.79 Å². The van der Waals surface area contributed by atoms with E-state index < -0.39 is 11.7 Å². The van der Waals surface area contributed by atoms with Crippen LogP contribution in [-0.4, -0.2) is 43.6 Å². The number of carbonyl (C=O) groups is 1. The van der Waals surface area contributed by atoms with Gasteiger partial charge in [-0.1, -0.05) is 6.07 Å². The predicted octanol–water partition coefficient (Wildman–Crippen LogP) is 1.40. The minimum atomic E-state index is -0.520. The normalized spacial score (nSPS) is 11.0. The van der Waals surface area contributed by atoms with Crippen molar-refractivity contribution < 1.29 is 9.53 Å². The van der Waals surface area contributed by atoms with Gasteiger partial charge in [-0.3, -0.25) is 4.98 Å². The van der Waals surface area contributed by atoms with Crippen LogP contribution in [-0.2, 0) is 11.2 Å². The van der Waals surface area contributed by atoms with Crippen molar-refractivity contribution in [1.29, 1.82) is 0 Å². The van der Waals surface area contributed by atoms with E-state index in [-0.39, 0.29) is 0 Å². The zero-order valence-electron chi connectivity index (χ0n) is 12.8. The van der Waals surface area contributed by atoms with Crippen LogP contribution in [0.1, 0.15) is 26.6 Å². The summed E-state index contributed by atoms with van der Waals surface area (Å²) in [4.78, 5) is 15.6. The van der Waals surface area contributed by atoms with Gasteiger partial charge in [-0.05, 0) is 32.9 Å². The van der Waals surface area contributed by atoms with Gasteiger partial charge in [0, 0.05) is 19.2 Å². The Bertz CT molecular complexity index is 609. The van der Waals surface area contributed by atoms with Gasteiger partial charge in [0.1, 0.15) is 11.3 Å². The summed E-state index contributed by atoms with van der Waals surface area (Å²) in [5.74, 6) is 0.806. The molecule has 0 radical (unpaired) electrons. The third kappa shape index (κ3) is 5.04. The number of ether oxygens (including phenoxy) is 1. The minimum Gasteiger partial charge on any atom is -0.444 e. The second kappa shape index (κ2) is 6.88. The molecule has 0 bridgehead atoms. The van der Waals surface area contributed by atoms with Crippen molar-refractivity contribution in [3.63, 3.8) is 0 Å². The molecule has 0 aliphatic rings. The Morgan fingerprint density at radius 2 is 1.91 bits per heavy atom. The van der Waals surface area contributed by atoms with Crippen molar-refractivity contribution in [2.75, 3.05) is 6.54 Å². The summed E-state index contributed by atoms with van der Waals surface area (Å²) in [6, 6.07) is 5.42. The number of alkyl carbamates (subject to hydrolysis) is 1. The van der Waals surface area contributed by atoms with Gasteiger partial charge in [-0.15, -0.1) is 20.4 Å². The lowest BCUT2D eigenvalue weighted by atomic mass is 10.2. The molecule has 1 N–H and O–H groups in total. The molecule has 2 aromatic rings. The molecule has 8 nitrogen and oxygen atoms in total. The molecule has 8 heteroatoms. The number of amides is 1. The monoisotopic (exact) mass is 302 g/mol. The van der Waals surface area contributed by atoms with Crippen molar-refractivity contribution in [1.82, 2.24) is 30.7 Å². The largest absolute Gasteiger partial charge is 0.444 e. The maximum Gasteiger partial charge on any atom is 0.407 e. The van der Waals surface area contributed by atoms with Crippen molar-refractivity contribution in [3.8, 4) is 11.5 Å². The summed E-state index contributed by atoms with van der Waals surface area (Å²) in [5.41, 5.74) is 0.0922. The maximum atomic E-state index is 11.5. The lowest BCUT2D eigenvalue weighted by Gasteiger charge is -2.19. The number of carbonyl (C=O) groups excluding carboxylic acids is 1. The Balaban J connectivity index is 1.84. The van der Waals surface area contributed by atoms with Gasteiger partial charge in [-0.2, -0.15) is 0 Å². The number of hydrogen-bond acceptors (Lipinski definition) is 7. The maximum absolute atomic E-state index is 11.5. The lowest BCUT2D eigenvalue weighted by Crippen LogP contribution is -2.33. The summed E-state index contributed by atoms with van der Waals surface area (Å²) in [6.45, 7) is 5.76. The van der Waals surface area contributed by atoms with Gasteiger partial charge < -0.3 is 10.1 Å². The number of aromatic nitrogens is 5. The average molecular weight is 302 g/mol. The number of nitrogens with one attached hydrogen (secondary N) is 1. The van der Waals surface area contributed by atoms with E-state index in [1.165, 1.54) is 0 Å². The van der Waals surface area contributed by atoms with Gasteiger partial charge in [0.05, 0.1) is 0 Å². The fraction of sp³-hybridized carbons (Fsp3) is 0.429. The molecule has 2 aromatic heterocycles. The van der Waals surface area contributed by atoms with E-state index in [1.807, 2.05) is 6.07 Å². The Labute approximate surface area is 128 Å². The standard InChI is InChI=1S/C14H18N6O2/c1-14(2,3)22-13(21)16-9-7-11-17-19-12(20-18-11)10-6-4-5-8-15-10/h4-6,8H,7,9H2,1-3H3,(H,16,21). The minimum absolute atomic E-state index is 0.348. The second-order valence-corrected chi connectivity index (χ2v) is 5.53. The second-order valence-electron chi connectivity index (χ2n) is 5.53. The summed E-state index contributed by atoms with van der Waals surface area (Å²) >= 11 is 0. The Kier molecular flexibility index (Phi) is 4.92. The molecule has 22 heavy (non-hydrogen) atoms. The SMILES string of the molecule is CC(C)(C)OC(=O)NCCc1nnc(-c2ccccn2)nn1. The van der Waals surface area contributed by atoms with E-state index in [4.69, 9.17) is 4.74 Å². The fourth-order valence-corrected chi connectivity index (χ4v) is 1.54. The lowest BCUT2D eigenvalue weighted by molar-refractivity contribution is 0.0528. The molecule has 116 valence electrons. The summed E-state index contributed by atoms with van der Waals surface area (Å²) in [6.07, 6.45) is 1.59. The van der Waals surface area contributed by atoms with Crippen molar-refractivity contribution in [2.45, 2.75) is 32.8 Å². The highest BCUT2D eigenvalue weighted by molar-refractivity contribution is 5.67.